The maximum atomic E-state index is 12.7. The molecule has 0 bridgehead atoms. The van der Waals surface area contributed by atoms with Gasteiger partial charge in [0.05, 0.1) is 15.2 Å². The Balaban J connectivity index is 1.50. The molecule has 1 fully saturated rings. The summed E-state index contributed by atoms with van der Waals surface area (Å²) in [5.41, 5.74) is 2.09. The molecule has 1 aromatic heterocycles. The van der Waals surface area contributed by atoms with E-state index in [2.05, 4.69) is 35.4 Å². The normalized spacial score (nSPS) is 16.0. The molecule has 26 heavy (non-hydrogen) atoms. The summed E-state index contributed by atoms with van der Waals surface area (Å²) >= 11 is 1.77. The van der Waals surface area contributed by atoms with Crippen LogP contribution >= 0.6 is 11.3 Å². The third-order valence-corrected chi connectivity index (χ3v) is 6.67. The smallest absolute Gasteiger partial charge is 0.226 e. The van der Waals surface area contributed by atoms with Gasteiger partial charge in [0.2, 0.25) is 5.91 Å². The first-order valence-electron chi connectivity index (χ1n) is 9.77. The van der Waals surface area contributed by atoms with Gasteiger partial charge in [-0.3, -0.25) is 4.79 Å². The van der Waals surface area contributed by atoms with E-state index in [1.165, 1.54) is 15.3 Å². The molecule has 0 aliphatic heterocycles. The molecule has 1 saturated carbocycles. The summed E-state index contributed by atoms with van der Waals surface area (Å²) in [6.07, 6.45) is 9.04. The van der Waals surface area contributed by atoms with Crippen molar-refractivity contribution in [2.75, 3.05) is 6.54 Å². The van der Waals surface area contributed by atoms with Crippen LogP contribution < -0.4 is 5.32 Å². The van der Waals surface area contributed by atoms with E-state index in [0.717, 1.165) is 56.7 Å². The highest BCUT2D eigenvalue weighted by atomic mass is 32.1. The second-order valence-corrected chi connectivity index (χ2v) is 8.43. The Morgan fingerprint density at radius 1 is 1.35 bits per heavy atom. The van der Waals surface area contributed by atoms with Crippen molar-refractivity contribution >= 4 is 33.7 Å². The van der Waals surface area contributed by atoms with E-state index in [-0.39, 0.29) is 11.3 Å². The monoisotopic (exact) mass is 372 g/mol. The number of thiazole rings is 1. The van der Waals surface area contributed by atoms with Gasteiger partial charge >= 0.3 is 0 Å². The summed E-state index contributed by atoms with van der Waals surface area (Å²) in [5.74, 6) is 0.155. The molecule has 3 rings (SSSR count). The van der Waals surface area contributed by atoms with Crippen LogP contribution in [0.4, 0.5) is 0 Å². The summed E-state index contributed by atoms with van der Waals surface area (Å²) in [5, 5.41) is 4.31. The van der Waals surface area contributed by atoms with Gasteiger partial charge in [-0.1, -0.05) is 25.8 Å². The lowest BCUT2D eigenvalue weighted by molar-refractivity contribution is -0.131. The average Bonchev–Trinajstić information content (AvgIpc) is 3.30. The van der Waals surface area contributed by atoms with E-state index in [1.807, 2.05) is 0 Å². The van der Waals surface area contributed by atoms with E-state index in [1.54, 1.807) is 11.3 Å². The van der Waals surface area contributed by atoms with Gasteiger partial charge in [-0.2, -0.15) is 0 Å². The van der Waals surface area contributed by atoms with Gasteiger partial charge in [-0.25, -0.2) is 4.98 Å². The largest absolute Gasteiger partial charge is 0.356 e. The van der Waals surface area contributed by atoms with Crippen LogP contribution in [-0.4, -0.2) is 23.7 Å². The lowest BCUT2D eigenvalue weighted by Crippen LogP contribution is -2.39. The molecular formula is C21H28N2O2S. The third-order valence-electron chi connectivity index (χ3n) is 5.51. The number of amides is 1. The highest BCUT2D eigenvalue weighted by Gasteiger charge is 2.40. The number of hydrogen-bond acceptors (Lipinski definition) is 4. The van der Waals surface area contributed by atoms with Gasteiger partial charge < -0.3 is 10.1 Å². The van der Waals surface area contributed by atoms with Gasteiger partial charge in [0, 0.05) is 18.4 Å². The zero-order valence-electron chi connectivity index (χ0n) is 15.6. The SMILES string of the molecule is CCc1nc2ccc(CCCNC(=O)C3(CCC=O)CCCC3)cc2s1. The molecule has 0 atom stereocenters. The predicted molar refractivity (Wildman–Crippen MR) is 107 cm³/mol. The van der Waals surface area contributed by atoms with Crippen LogP contribution in [0.1, 0.15) is 62.4 Å². The molecule has 2 aromatic rings. The Morgan fingerprint density at radius 3 is 2.88 bits per heavy atom. The van der Waals surface area contributed by atoms with Crippen molar-refractivity contribution in [3.63, 3.8) is 0 Å². The zero-order chi connectivity index (χ0) is 18.4. The molecule has 0 spiro atoms. The standard InChI is InChI=1S/C21H28N2O2S/c1-2-19-23-17-9-8-16(15-18(17)26-19)7-5-13-22-20(25)21(12-6-14-24)10-3-4-11-21/h8-9,14-15H,2-7,10-13H2,1H3,(H,22,25). The Bertz CT molecular complexity index is 762. The first-order valence-corrected chi connectivity index (χ1v) is 10.6. The minimum Gasteiger partial charge on any atom is -0.356 e. The quantitative estimate of drug-likeness (QED) is 0.523. The minimum atomic E-state index is -0.293. The molecule has 1 N–H and O–H groups in total. The second-order valence-electron chi connectivity index (χ2n) is 7.32. The number of aromatic nitrogens is 1. The Morgan fingerprint density at radius 2 is 2.15 bits per heavy atom. The summed E-state index contributed by atoms with van der Waals surface area (Å²) in [7, 11) is 0. The molecule has 0 unspecified atom stereocenters. The molecule has 1 aliphatic rings. The van der Waals surface area contributed by atoms with Gasteiger partial charge in [0.1, 0.15) is 6.29 Å². The summed E-state index contributed by atoms with van der Waals surface area (Å²) in [6, 6.07) is 6.48. The predicted octanol–water partition coefficient (Wildman–Crippen LogP) is 4.45. The van der Waals surface area contributed by atoms with Crippen molar-refractivity contribution in [3.8, 4) is 0 Å². The van der Waals surface area contributed by atoms with Gasteiger partial charge in [0.15, 0.2) is 0 Å². The van der Waals surface area contributed by atoms with E-state index in [0.29, 0.717) is 19.4 Å². The Kier molecular flexibility index (Phi) is 6.41. The van der Waals surface area contributed by atoms with E-state index in [4.69, 9.17) is 0 Å². The summed E-state index contributed by atoms with van der Waals surface area (Å²) < 4.78 is 1.25. The lowest BCUT2D eigenvalue weighted by atomic mass is 9.80. The summed E-state index contributed by atoms with van der Waals surface area (Å²) in [6.45, 7) is 2.83. The number of rotatable bonds is 9. The first-order chi connectivity index (χ1) is 12.7. The van der Waals surface area contributed by atoms with Crippen molar-refractivity contribution in [2.45, 2.75) is 64.7 Å². The van der Waals surface area contributed by atoms with Crippen molar-refractivity contribution in [1.82, 2.24) is 10.3 Å². The number of carbonyl (C=O) groups is 2. The van der Waals surface area contributed by atoms with Crippen LogP contribution in [0.15, 0.2) is 18.2 Å². The number of nitrogens with one attached hydrogen (secondary N) is 1. The molecule has 0 radical (unpaired) electrons. The fourth-order valence-corrected chi connectivity index (χ4v) is 4.95. The number of fused-ring (bicyclic) bond motifs is 1. The topological polar surface area (TPSA) is 59.1 Å². The highest BCUT2D eigenvalue weighted by molar-refractivity contribution is 7.18. The maximum Gasteiger partial charge on any atom is 0.226 e. The van der Waals surface area contributed by atoms with Crippen LogP contribution in [-0.2, 0) is 22.4 Å². The minimum absolute atomic E-state index is 0.155. The number of aldehydes is 1. The molecule has 1 amide bonds. The van der Waals surface area contributed by atoms with E-state index in [9.17, 15) is 9.59 Å². The molecular weight excluding hydrogens is 344 g/mol. The van der Waals surface area contributed by atoms with Crippen LogP contribution in [0.2, 0.25) is 0 Å². The molecule has 0 saturated heterocycles. The van der Waals surface area contributed by atoms with Crippen molar-refractivity contribution < 1.29 is 9.59 Å². The highest BCUT2D eigenvalue weighted by Crippen LogP contribution is 2.42. The van der Waals surface area contributed by atoms with Crippen molar-refractivity contribution in [2.24, 2.45) is 5.41 Å². The van der Waals surface area contributed by atoms with Crippen LogP contribution in [0.25, 0.3) is 10.2 Å². The maximum absolute atomic E-state index is 12.7. The zero-order valence-corrected chi connectivity index (χ0v) is 16.4. The fourth-order valence-electron chi connectivity index (χ4n) is 3.98. The first kappa shape index (κ1) is 19.0. The Labute approximate surface area is 159 Å². The number of carbonyl (C=O) groups excluding carboxylic acids is 2. The van der Waals surface area contributed by atoms with Crippen LogP contribution in [0.3, 0.4) is 0 Å². The summed E-state index contributed by atoms with van der Waals surface area (Å²) in [4.78, 5) is 28.0. The van der Waals surface area contributed by atoms with E-state index < -0.39 is 0 Å². The number of hydrogen-bond donors (Lipinski definition) is 1. The molecule has 4 nitrogen and oxygen atoms in total. The van der Waals surface area contributed by atoms with Crippen LogP contribution in [0.5, 0.6) is 0 Å². The molecule has 5 heteroatoms. The fraction of sp³-hybridized carbons (Fsp3) is 0.571. The van der Waals surface area contributed by atoms with E-state index >= 15 is 0 Å². The van der Waals surface area contributed by atoms with Gasteiger partial charge in [0.25, 0.3) is 0 Å². The molecule has 1 heterocycles. The van der Waals surface area contributed by atoms with Gasteiger partial charge in [-0.15, -0.1) is 11.3 Å². The number of aryl methyl sites for hydroxylation is 2. The van der Waals surface area contributed by atoms with Gasteiger partial charge in [-0.05, 0) is 56.2 Å². The van der Waals surface area contributed by atoms with Crippen molar-refractivity contribution in [1.29, 1.82) is 0 Å². The molecule has 1 aromatic carbocycles. The number of benzene rings is 1. The van der Waals surface area contributed by atoms with Crippen molar-refractivity contribution in [3.05, 3.63) is 28.8 Å². The number of nitrogens with zero attached hydrogens (tertiary/aromatic N) is 1. The third kappa shape index (κ3) is 4.32. The molecule has 140 valence electrons. The second kappa shape index (κ2) is 8.76. The van der Waals surface area contributed by atoms with Crippen LogP contribution in [0, 0.1) is 5.41 Å². The lowest BCUT2D eigenvalue weighted by Gasteiger charge is -2.27. The Hall–Kier alpha value is -1.75. The average molecular weight is 373 g/mol. The molecule has 1 aliphatic carbocycles.